The molecule has 4 nitrogen and oxygen atoms in total. The van der Waals surface area contributed by atoms with E-state index in [4.69, 9.17) is 0 Å². The maximum absolute atomic E-state index is 11.8. The Morgan fingerprint density at radius 1 is 1.24 bits per heavy atom. The standard InChI is InChI=1S/C10H16O4S.C9H13Se/c1-9(2)7-3-4-10(9,8(11)5-7)6-15(12,13)14;1-3-10(2)9-7-5-4-6-8-9/h7H,3-6H2,1-2H3,(H,12,13,14);4-8H,3H2,1-2H3/q;+1/p-1. The summed E-state index contributed by atoms with van der Waals surface area (Å²) in [5.41, 5.74) is -1.22. The summed E-state index contributed by atoms with van der Waals surface area (Å²) in [7, 11) is -4.33. The second-order valence-corrected chi connectivity index (χ2v) is 13.9. The molecule has 6 heteroatoms. The van der Waals surface area contributed by atoms with Crippen LogP contribution in [0.3, 0.4) is 0 Å². The number of carbonyl (C=O) groups is 1. The molecule has 0 aliphatic heterocycles. The molecule has 0 amide bonds. The van der Waals surface area contributed by atoms with Gasteiger partial charge in [0, 0.05) is 11.8 Å². The molecule has 0 N–H and O–H groups in total. The molecule has 2 aliphatic carbocycles. The van der Waals surface area contributed by atoms with Gasteiger partial charge in [-0.3, -0.25) is 4.79 Å². The van der Waals surface area contributed by atoms with E-state index >= 15 is 0 Å². The summed E-state index contributed by atoms with van der Waals surface area (Å²) in [6, 6.07) is 10.8. The molecule has 2 saturated carbocycles. The number of benzene rings is 1. The molecule has 0 spiro atoms. The fraction of sp³-hybridized carbons (Fsp3) is 0.632. The van der Waals surface area contributed by atoms with Crippen molar-refractivity contribution in [3.05, 3.63) is 30.3 Å². The van der Waals surface area contributed by atoms with Gasteiger partial charge < -0.3 is 4.55 Å². The molecule has 2 bridgehead atoms. The summed E-state index contributed by atoms with van der Waals surface area (Å²) < 4.78 is 34.3. The Kier molecular flexibility index (Phi) is 6.20. The number of carbonyl (C=O) groups excluding carboxylic acids is 1. The third-order valence-corrected chi connectivity index (χ3v) is 11.1. The van der Waals surface area contributed by atoms with Gasteiger partial charge in [-0.05, 0) is 24.2 Å². The van der Waals surface area contributed by atoms with E-state index < -0.39 is 35.2 Å². The Bertz CT molecular complexity index is 714. The van der Waals surface area contributed by atoms with Crippen molar-refractivity contribution >= 4 is 34.3 Å². The fourth-order valence-electron chi connectivity index (χ4n) is 4.23. The predicted molar refractivity (Wildman–Crippen MR) is 101 cm³/mol. The number of hydrogen-bond acceptors (Lipinski definition) is 4. The number of ketones is 1. The van der Waals surface area contributed by atoms with E-state index in [1.807, 2.05) is 13.8 Å². The first-order chi connectivity index (χ1) is 11.5. The van der Waals surface area contributed by atoms with Gasteiger partial charge in [0.05, 0.1) is 15.9 Å². The number of Topliss-reactive ketones (excluding diaryl/α,β-unsaturated/α-hetero) is 1. The van der Waals surface area contributed by atoms with Crippen LogP contribution < -0.4 is 4.46 Å². The molecule has 3 atom stereocenters. The number of hydrogen-bond donors (Lipinski definition) is 0. The van der Waals surface area contributed by atoms with Gasteiger partial charge in [0.15, 0.2) is 0 Å². The van der Waals surface area contributed by atoms with Crippen LogP contribution in [0.1, 0.15) is 40.0 Å². The van der Waals surface area contributed by atoms with Gasteiger partial charge in [-0.15, -0.1) is 0 Å². The molecule has 3 rings (SSSR count). The summed E-state index contributed by atoms with van der Waals surface area (Å²) in [6.07, 6.45) is 1.88. The Hall–Kier alpha value is -0.681. The summed E-state index contributed by atoms with van der Waals surface area (Å²) in [5, 5.41) is 1.35. The van der Waals surface area contributed by atoms with Gasteiger partial charge in [0.2, 0.25) is 0 Å². The Labute approximate surface area is 156 Å². The van der Waals surface area contributed by atoms with Gasteiger partial charge in [0.1, 0.15) is 5.78 Å². The first kappa shape index (κ1) is 20.6. The average molecular weight is 431 g/mol. The summed E-state index contributed by atoms with van der Waals surface area (Å²) in [6.45, 7) is 6.11. The van der Waals surface area contributed by atoms with Crippen molar-refractivity contribution in [2.24, 2.45) is 16.7 Å². The molecule has 2 aliphatic rings. The first-order valence-corrected chi connectivity index (χ1v) is 14.0. The zero-order chi connectivity index (χ0) is 18.9. The van der Waals surface area contributed by atoms with Crippen molar-refractivity contribution in [2.45, 2.75) is 51.2 Å². The van der Waals surface area contributed by atoms with Crippen molar-refractivity contribution in [3.8, 4) is 0 Å². The summed E-state index contributed by atoms with van der Waals surface area (Å²) in [4.78, 5) is 11.8. The molecule has 0 saturated heterocycles. The molecular formula is C19H28O4SSe. The van der Waals surface area contributed by atoms with Crippen LogP contribution in [0.4, 0.5) is 0 Å². The topological polar surface area (TPSA) is 74.3 Å². The Morgan fingerprint density at radius 3 is 2.24 bits per heavy atom. The van der Waals surface area contributed by atoms with Crippen molar-refractivity contribution in [1.82, 2.24) is 0 Å². The van der Waals surface area contributed by atoms with E-state index in [9.17, 15) is 17.8 Å². The van der Waals surface area contributed by atoms with Crippen LogP contribution >= 0.6 is 0 Å². The fourth-order valence-corrected chi connectivity index (χ4v) is 7.51. The quantitative estimate of drug-likeness (QED) is 0.543. The van der Waals surface area contributed by atoms with E-state index in [2.05, 4.69) is 43.1 Å². The third kappa shape index (κ3) is 4.19. The molecule has 0 heterocycles. The van der Waals surface area contributed by atoms with E-state index in [1.165, 1.54) is 5.32 Å². The molecule has 140 valence electrons. The Balaban J connectivity index is 0.000000196. The van der Waals surface area contributed by atoms with Crippen LogP contribution in [-0.4, -0.2) is 38.4 Å². The van der Waals surface area contributed by atoms with Gasteiger partial charge in [0.25, 0.3) is 0 Å². The van der Waals surface area contributed by atoms with Crippen LogP contribution in [0.2, 0.25) is 11.1 Å². The van der Waals surface area contributed by atoms with Crippen LogP contribution in [0, 0.1) is 16.7 Å². The molecule has 2 fully saturated rings. The molecule has 1 aromatic rings. The number of rotatable bonds is 4. The molecular weight excluding hydrogens is 403 g/mol. The van der Waals surface area contributed by atoms with Gasteiger partial charge in [-0.1, -0.05) is 13.8 Å². The molecule has 0 aromatic heterocycles. The normalized spacial score (nSPS) is 28.4. The van der Waals surface area contributed by atoms with Crippen molar-refractivity contribution in [1.29, 1.82) is 0 Å². The molecule has 25 heavy (non-hydrogen) atoms. The van der Waals surface area contributed by atoms with Crippen LogP contribution in [0.5, 0.6) is 0 Å². The predicted octanol–water partition coefficient (Wildman–Crippen LogP) is 2.97. The van der Waals surface area contributed by atoms with E-state index in [-0.39, 0.29) is 17.1 Å². The second-order valence-electron chi connectivity index (χ2n) is 7.61. The average Bonchev–Trinajstić information content (AvgIpc) is 2.88. The minimum atomic E-state index is -4.33. The monoisotopic (exact) mass is 432 g/mol. The summed E-state index contributed by atoms with van der Waals surface area (Å²) >= 11 is -0.415. The zero-order valence-corrected chi connectivity index (χ0v) is 18.0. The van der Waals surface area contributed by atoms with Gasteiger partial charge >= 0.3 is 66.8 Å². The van der Waals surface area contributed by atoms with Crippen LogP contribution in [0.25, 0.3) is 0 Å². The second kappa shape index (κ2) is 7.51. The van der Waals surface area contributed by atoms with E-state index in [0.29, 0.717) is 12.8 Å². The minimum absolute atomic E-state index is 0.0248. The van der Waals surface area contributed by atoms with Crippen molar-refractivity contribution < 1.29 is 17.8 Å². The Morgan fingerprint density at radius 2 is 1.84 bits per heavy atom. The van der Waals surface area contributed by atoms with E-state index in [1.54, 1.807) is 4.46 Å². The van der Waals surface area contributed by atoms with Crippen LogP contribution in [-0.2, 0) is 14.9 Å². The van der Waals surface area contributed by atoms with E-state index in [0.717, 1.165) is 6.42 Å². The molecule has 3 unspecified atom stereocenters. The third-order valence-electron chi connectivity index (χ3n) is 6.14. The van der Waals surface area contributed by atoms with Crippen molar-refractivity contribution in [2.75, 3.05) is 5.75 Å². The number of fused-ring (bicyclic) bond motifs is 2. The van der Waals surface area contributed by atoms with Crippen LogP contribution in [0.15, 0.2) is 30.3 Å². The maximum atomic E-state index is 11.8. The SMILES string of the molecule is CC1(C)C2CCC1(CS(=O)(=O)[O-])C(=O)C2.CC[Se+](C)c1ccccc1. The zero-order valence-electron chi connectivity index (χ0n) is 15.4. The molecule has 0 radical (unpaired) electrons. The van der Waals surface area contributed by atoms with Gasteiger partial charge in [-0.2, -0.15) is 0 Å². The van der Waals surface area contributed by atoms with Crippen molar-refractivity contribution in [3.63, 3.8) is 0 Å². The molecule has 1 aromatic carbocycles. The summed E-state index contributed by atoms with van der Waals surface area (Å²) in [5.74, 6) is 2.10. The first-order valence-electron chi connectivity index (χ1n) is 8.68. The van der Waals surface area contributed by atoms with Gasteiger partial charge in [-0.25, -0.2) is 8.42 Å².